The zero-order valence-corrected chi connectivity index (χ0v) is 26.6. The monoisotopic (exact) mass is 655 g/mol. The molecule has 1 saturated carbocycles. The number of amides is 1. The molecule has 3 aliphatic rings. The summed E-state index contributed by atoms with van der Waals surface area (Å²) in [5.41, 5.74) is 9.66. The normalized spacial score (nSPS) is 16.7. The number of hydrogen-bond acceptors (Lipinski definition) is 12. The molecule has 3 aromatic carbocycles. The molecule has 0 saturated heterocycles. The Kier molecular flexibility index (Phi) is 9.80. The number of nitrogens with one attached hydrogen (secondary N) is 2. The van der Waals surface area contributed by atoms with Gasteiger partial charge in [0.05, 0.1) is 6.54 Å². The molecule has 0 atom stereocenters. The molecule has 6 rings (SSSR count). The number of aliphatic imine (C=N–C) groups is 1. The summed E-state index contributed by atoms with van der Waals surface area (Å²) in [6.07, 6.45) is 5.73. The highest BCUT2D eigenvalue weighted by atomic mass is 16.9. The maximum Gasteiger partial charge on any atom is 0.515 e. The molecule has 2 N–H and O–H groups in total. The van der Waals surface area contributed by atoms with E-state index in [0.717, 1.165) is 73.0 Å². The maximum atomic E-state index is 13.6. The van der Waals surface area contributed by atoms with E-state index in [-0.39, 0.29) is 25.0 Å². The van der Waals surface area contributed by atoms with Gasteiger partial charge >= 0.3 is 6.16 Å². The van der Waals surface area contributed by atoms with Crippen LogP contribution < -0.4 is 15.7 Å². The Hall–Kier alpha value is -5.50. The molecule has 0 aromatic heterocycles. The summed E-state index contributed by atoms with van der Waals surface area (Å²) in [6.45, 7) is 2.22. The average molecular weight is 656 g/mol. The van der Waals surface area contributed by atoms with E-state index in [1.54, 1.807) is 12.1 Å². The summed E-state index contributed by atoms with van der Waals surface area (Å²) in [7, 11) is 0. The first-order valence-electron chi connectivity index (χ1n) is 16.0. The molecule has 0 radical (unpaired) electrons. The van der Waals surface area contributed by atoms with Gasteiger partial charge in [-0.15, -0.1) is 15.2 Å². The molecule has 14 nitrogen and oxygen atoms in total. The van der Waals surface area contributed by atoms with E-state index in [1.165, 1.54) is 17.3 Å². The van der Waals surface area contributed by atoms with Crippen molar-refractivity contribution in [2.24, 2.45) is 10.1 Å². The number of hydrazine groups is 2. The van der Waals surface area contributed by atoms with Crippen LogP contribution in [0.15, 0.2) is 82.9 Å². The van der Waals surface area contributed by atoms with Gasteiger partial charge in [-0.2, -0.15) is 0 Å². The van der Waals surface area contributed by atoms with Crippen molar-refractivity contribution >= 4 is 23.7 Å². The Labute approximate surface area is 277 Å². The van der Waals surface area contributed by atoms with Crippen LogP contribution in [0.25, 0.3) is 11.1 Å². The average Bonchev–Trinajstić information content (AvgIpc) is 3.84. The van der Waals surface area contributed by atoms with Gasteiger partial charge in [0, 0.05) is 12.0 Å². The van der Waals surface area contributed by atoms with E-state index in [4.69, 9.17) is 14.5 Å². The first-order valence-corrected chi connectivity index (χ1v) is 16.0. The molecule has 2 aliphatic heterocycles. The van der Waals surface area contributed by atoms with Crippen molar-refractivity contribution in [1.29, 1.82) is 0 Å². The number of amidine groups is 2. The van der Waals surface area contributed by atoms with Crippen LogP contribution in [-0.2, 0) is 27.5 Å². The fourth-order valence-corrected chi connectivity index (χ4v) is 6.11. The zero-order chi connectivity index (χ0) is 33.5. The number of hydrazone groups is 1. The van der Waals surface area contributed by atoms with E-state index < -0.39 is 16.8 Å². The lowest BCUT2D eigenvalue weighted by Gasteiger charge is -2.23. The number of carbonyl (C=O) groups is 2. The second-order valence-corrected chi connectivity index (χ2v) is 11.9. The van der Waals surface area contributed by atoms with Crippen molar-refractivity contribution in [3.8, 4) is 16.9 Å². The van der Waals surface area contributed by atoms with Crippen LogP contribution in [0, 0.1) is 10.1 Å². The minimum atomic E-state index is -0.945. The summed E-state index contributed by atoms with van der Waals surface area (Å²) in [5.74, 6) is 1.81. The highest BCUT2D eigenvalue weighted by molar-refractivity contribution is 6.08. The van der Waals surface area contributed by atoms with Crippen LogP contribution in [0.3, 0.4) is 0 Å². The number of benzene rings is 3. The first-order chi connectivity index (χ1) is 23.3. The summed E-state index contributed by atoms with van der Waals surface area (Å²) in [5, 5.41) is 15.2. The van der Waals surface area contributed by atoms with Gasteiger partial charge in [-0.25, -0.2) is 10.3 Å². The topological polar surface area (TPSA) is 160 Å². The number of hydrogen-bond donors (Lipinski definition) is 2. The number of unbranched alkanes of at least 4 members (excludes halogenated alkanes) is 1. The van der Waals surface area contributed by atoms with Crippen molar-refractivity contribution in [1.82, 2.24) is 21.0 Å². The SMILES string of the molecule is CCCCC1=NC2(CCCC2)C(=O)N1Cc1ccc(-c2ccccc2C2=NNN(COC(=O)Oc3ccc(CO[N+](=O)[O-])cc3)N2)cc1. The van der Waals surface area contributed by atoms with Crippen LogP contribution in [0.4, 0.5) is 4.79 Å². The fourth-order valence-electron chi connectivity index (χ4n) is 6.11. The highest BCUT2D eigenvalue weighted by Gasteiger charge is 2.49. The molecule has 1 aliphatic carbocycles. The smallest absolute Gasteiger partial charge is 0.414 e. The van der Waals surface area contributed by atoms with E-state index in [9.17, 15) is 19.7 Å². The quantitative estimate of drug-likeness (QED) is 0.105. The predicted molar refractivity (Wildman–Crippen MR) is 175 cm³/mol. The number of rotatable bonds is 13. The van der Waals surface area contributed by atoms with Crippen molar-refractivity contribution < 1.29 is 29.0 Å². The molecule has 48 heavy (non-hydrogen) atoms. The van der Waals surface area contributed by atoms with Gasteiger partial charge in [0.2, 0.25) is 0 Å². The van der Waals surface area contributed by atoms with Gasteiger partial charge < -0.3 is 14.3 Å². The second-order valence-electron chi connectivity index (χ2n) is 11.9. The first kappa shape index (κ1) is 32.4. The van der Waals surface area contributed by atoms with E-state index >= 15 is 0 Å². The van der Waals surface area contributed by atoms with Crippen molar-refractivity contribution in [2.75, 3.05) is 6.73 Å². The Balaban J connectivity index is 1.04. The Morgan fingerprint density at radius 3 is 2.42 bits per heavy atom. The van der Waals surface area contributed by atoms with Crippen molar-refractivity contribution in [2.45, 2.75) is 70.6 Å². The van der Waals surface area contributed by atoms with Crippen LogP contribution >= 0.6 is 0 Å². The summed E-state index contributed by atoms with van der Waals surface area (Å²) < 4.78 is 10.4. The minimum Gasteiger partial charge on any atom is -0.414 e. The van der Waals surface area contributed by atoms with Crippen LogP contribution in [0.5, 0.6) is 5.75 Å². The third-order valence-electron chi connectivity index (χ3n) is 8.57. The Bertz CT molecular complexity index is 1700. The Morgan fingerprint density at radius 2 is 1.71 bits per heavy atom. The van der Waals surface area contributed by atoms with Crippen molar-refractivity contribution in [3.63, 3.8) is 0 Å². The van der Waals surface area contributed by atoms with E-state index in [2.05, 4.69) is 40.0 Å². The molecular weight excluding hydrogens is 618 g/mol. The predicted octanol–water partition coefficient (Wildman–Crippen LogP) is 5.47. The van der Waals surface area contributed by atoms with Gasteiger partial charge in [-0.1, -0.05) is 92.0 Å². The molecular formula is C34H37N7O7. The molecule has 0 bridgehead atoms. The van der Waals surface area contributed by atoms with Gasteiger partial charge in [-0.05, 0) is 53.6 Å². The summed E-state index contributed by atoms with van der Waals surface area (Å²) in [6, 6.07) is 22.1. The molecule has 14 heteroatoms. The molecule has 0 unspecified atom stereocenters. The lowest BCUT2D eigenvalue weighted by atomic mass is 9.97. The van der Waals surface area contributed by atoms with Gasteiger partial charge in [-0.3, -0.25) is 20.1 Å². The third kappa shape index (κ3) is 7.39. The number of carbonyl (C=O) groups excluding carboxylic acids is 2. The molecule has 3 aromatic rings. The van der Waals surface area contributed by atoms with E-state index in [0.29, 0.717) is 17.9 Å². The highest BCUT2D eigenvalue weighted by Crippen LogP contribution is 2.40. The third-order valence-corrected chi connectivity index (χ3v) is 8.57. The van der Waals surface area contributed by atoms with Crippen LogP contribution in [-0.4, -0.2) is 51.1 Å². The van der Waals surface area contributed by atoms with Gasteiger partial charge in [0.15, 0.2) is 12.6 Å². The lowest BCUT2D eigenvalue weighted by Crippen LogP contribution is -2.43. The maximum absolute atomic E-state index is 13.6. The largest absolute Gasteiger partial charge is 0.515 e. The Morgan fingerprint density at radius 1 is 1.00 bits per heavy atom. The number of nitrogens with zero attached hydrogens (tertiary/aromatic N) is 5. The summed E-state index contributed by atoms with van der Waals surface area (Å²) >= 11 is 0. The van der Waals surface area contributed by atoms with Crippen LogP contribution in [0.1, 0.15) is 68.6 Å². The number of ether oxygens (including phenoxy) is 2. The van der Waals surface area contributed by atoms with Gasteiger partial charge in [0.25, 0.3) is 11.0 Å². The van der Waals surface area contributed by atoms with Gasteiger partial charge in [0.1, 0.15) is 23.7 Å². The molecule has 1 amide bonds. The standard InChI is InChI=1S/C34H37N7O7/c1-2-3-10-30-35-34(19-6-7-20-34)32(42)39(30)21-24-11-15-26(16-12-24)28-8-4-5-9-29(28)31-36-38-40(37-31)23-46-33(43)48-27-17-13-25(14-18-27)22-47-41(44)45/h4-5,8-9,11-18,38H,2-3,6-7,10,19-23H2,1H3,(H,36,37). The van der Waals surface area contributed by atoms with Crippen molar-refractivity contribution in [3.05, 3.63) is 99.6 Å². The van der Waals surface area contributed by atoms with Crippen LogP contribution in [0.2, 0.25) is 0 Å². The molecule has 2 heterocycles. The van der Waals surface area contributed by atoms with E-state index in [1.807, 2.05) is 41.3 Å². The zero-order valence-electron chi connectivity index (χ0n) is 26.6. The molecule has 1 fully saturated rings. The summed E-state index contributed by atoms with van der Waals surface area (Å²) in [4.78, 5) is 47.4. The second kappa shape index (κ2) is 14.5. The molecule has 250 valence electrons. The lowest BCUT2D eigenvalue weighted by molar-refractivity contribution is -0.763. The molecule has 1 spiro atoms. The minimum absolute atomic E-state index is 0.150. The fraction of sp³-hybridized carbons (Fsp3) is 0.353.